The van der Waals surface area contributed by atoms with Crippen molar-refractivity contribution in [3.8, 4) is 5.75 Å². The van der Waals surface area contributed by atoms with E-state index >= 15 is 0 Å². The minimum absolute atomic E-state index is 0.123. The number of nitrogens with one attached hydrogen (secondary N) is 1. The van der Waals surface area contributed by atoms with Gasteiger partial charge in [-0.2, -0.15) is 0 Å². The van der Waals surface area contributed by atoms with Crippen LogP contribution in [0.1, 0.15) is 31.8 Å². The Labute approximate surface area is 147 Å². The van der Waals surface area contributed by atoms with Crippen LogP contribution in [0.15, 0.2) is 29.8 Å². The summed E-state index contributed by atoms with van der Waals surface area (Å²) in [7, 11) is 1.71. The summed E-state index contributed by atoms with van der Waals surface area (Å²) in [5.41, 5.74) is 2.02. The summed E-state index contributed by atoms with van der Waals surface area (Å²) in [6.07, 6.45) is 1.83. The average Bonchev–Trinajstić information content (AvgIpc) is 3.09. The first-order chi connectivity index (χ1) is 11.5. The summed E-state index contributed by atoms with van der Waals surface area (Å²) in [5.74, 6) is 0.847. The van der Waals surface area contributed by atoms with E-state index in [1.54, 1.807) is 18.4 Å². The summed E-state index contributed by atoms with van der Waals surface area (Å²) < 4.78 is 11.4. The Bertz CT molecular complexity index is 673. The second kappa shape index (κ2) is 6.99. The molecule has 2 aromatic rings. The van der Waals surface area contributed by atoms with Crippen LogP contribution in [-0.2, 0) is 4.74 Å². The monoisotopic (exact) mass is 347 g/mol. The highest BCUT2D eigenvalue weighted by Crippen LogP contribution is 2.34. The minimum atomic E-state index is -0.123. The van der Waals surface area contributed by atoms with Crippen molar-refractivity contribution < 1.29 is 9.47 Å². The van der Waals surface area contributed by atoms with Gasteiger partial charge in [-0.15, -0.1) is 11.3 Å². The lowest BCUT2D eigenvalue weighted by atomic mass is 10.1. The molecule has 2 heterocycles. The molecule has 0 spiro atoms. The molecule has 1 aliphatic heterocycles. The Hall–Kier alpha value is -1.79. The molecule has 0 aliphatic carbocycles. The average molecular weight is 347 g/mol. The van der Waals surface area contributed by atoms with E-state index in [9.17, 15) is 0 Å². The van der Waals surface area contributed by atoms with Gasteiger partial charge in [-0.05, 0) is 32.9 Å². The predicted octanol–water partition coefficient (Wildman–Crippen LogP) is 3.94. The van der Waals surface area contributed by atoms with E-state index in [4.69, 9.17) is 9.47 Å². The predicted molar refractivity (Wildman–Crippen MR) is 99.4 cm³/mol. The SMILES string of the molecule is COc1cc(N2CCOC(C)(C)C2)ccc1N[C@@H](C)c1nccs1. The molecule has 1 N–H and O–H groups in total. The van der Waals surface area contributed by atoms with Gasteiger partial charge < -0.3 is 19.7 Å². The molecule has 1 aromatic heterocycles. The van der Waals surface area contributed by atoms with Gasteiger partial charge >= 0.3 is 0 Å². The topological polar surface area (TPSA) is 46.6 Å². The van der Waals surface area contributed by atoms with E-state index < -0.39 is 0 Å². The normalized spacial score (nSPS) is 18.2. The maximum absolute atomic E-state index is 5.80. The van der Waals surface area contributed by atoms with Crippen molar-refractivity contribution in [1.29, 1.82) is 0 Å². The van der Waals surface area contributed by atoms with Crippen molar-refractivity contribution in [3.63, 3.8) is 0 Å². The molecule has 0 unspecified atom stereocenters. The van der Waals surface area contributed by atoms with Crippen LogP contribution in [0, 0.1) is 0 Å². The Morgan fingerprint density at radius 1 is 1.42 bits per heavy atom. The molecule has 6 heteroatoms. The lowest BCUT2D eigenvalue weighted by Crippen LogP contribution is -2.48. The number of morpholine rings is 1. The first-order valence-electron chi connectivity index (χ1n) is 8.21. The van der Waals surface area contributed by atoms with Gasteiger partial charge in [0.05, 0.1) is 31.0 Å². The van der Waals surface area contributed by atoms with Crippen LogP contribution in [0.4, 0.5) is 11.4 Å². The third-order valence-electron chi connectivity index (χ3n) is 4.17. The standard InChI is InChI=1S/C18H25N3O2S/c1-13(17-19-7-10-24-17)20-15-6-5-14(11-16(15)22-4)21-8-9-23-18(2,3)12-21/h5-7,10-11,13,20H,8-9,12H2,1-4H3/t13-/m0/s1. The maximum Gasteiger partial charge on any atom is 0.144 e. The van der Waals surface area contributed by atoms with Crippen LogP contribution in [-0.4, -0.2) is 37.4 Å². The van der Waals surface area contributed by atoms with E-state index in [1.807, 2.05) is 11.6 Å². The van der Waals surface area contributed by atoms with Gasteiger partial charge in [-0.1, -0.05) is 0 Å². The Morgan fingerprint density at radius 3 is 2.92 bits per heavy atom. The molecule has 24 heavy (non-hydrogen) atoms. The van der Waals surface area contributed by atoms with Crippen LogP contribution < -0.4 is 15.0 Å². The molecule has 1 aliphatic rings. The fourth-order valence-corrected chi connectivity index (χ4v) is 3.62. The van der Waals surface area contributed by atoms with Crippen molar-refractivity contribution in [2.24, 2.45) is 0 Å². The Morgan fingerprint density at radius 2 is 2.25 bits per heavy atom. The van der Waals surface area contributed by atoms with Crippen LogP contribution >= 0.6 is 11.3 Å². The van der Waals surface area contributed by atoms with Crippen LogP contribution in [0.5, 0.6) is 5.75 Å². The molecule has 130 valence electrons. The summed E-state index contributed by atoms with van der Waals surface area (Å²) in [6, 6.07) is 6.46. The number of ether oxygens (including phenoxy) is 2. The summed E-state index contributed by atoms with van der Waals surface area (Å²) in [4.78, 5) is 6.72. The Kier molecular flexibility index (Phi) is 4.96. The van der Waals surface area contributed by atoms with Crippen LogP contribution in [0.3, 0.4) is 0 Å². The molecule has 1 atom stereocenters. The lowest BCUT2D eigenvalue weighted by Gasteiger charge is -2.39. The quantitative estimate of drug-likeness (QED) is 0.888. The molecule has 0 amide bonds. The zero-order valence-corrected chi connectivity index (χ0v) is 15.5. The van der Waals surface area contributed by atoms with E-state index in [-0.39, 0.29) is 11.6 Å². The highest BCUT2D eigenvalue weighted by molar-refractivity contribution is 7.09. The lowest BCUT2D eigenvalue weighted by molar-refractivity contribution is -0.0277. The van der Waals surface area contributed by atoms with Crippen molar-refractivity contribution in [2.75, 3.05) is 37.0 Å². The molecule has 0 radical (unpaired) electrons. The number of rotatable bonds is 5. The number of nitrogens with zero attached hydrogens (tertiary/aromatic N) is 2. The van der Waals surface area contributed by atoms with Crippen molar-refractivity contribution in [2.45, 2.75) is 32.4 Å². The van der Waals surface area contributed by atoms with Gasteiger partial charge in [0.2, 0.25) is 0 Å². The number of anilines is 2. The van der Waals surface area contributed by atoms with E-state index in [1.165, 1.54) is 0 Å². The first kappa shape index (κ1) is 17.0. The van der Waals surface area contributed by atoms with Gasteiger partial charge in [0.1, 0.15) is 10.8 Å². The fourth-order valence-electron chi connectivity index (χ4n) is 2.98. The number of hydrogen-bond acceptors (Lipinski definition) is 6. The van der Waals surface area contributed by atoms with E-state index in [0.29, 0.717) is 0 Å². The number of aromatic nitrogens is 1. The minimum Gasteiger partial charge on any atom is -0.495 e. The molecule has 3 rings (SSSR count). The largest absolute Gasteiger partial charge is 0.495 e. The number of methoxy groups -OCH3 is 1. The zero-order chi connectivity index (χ0) is 17.2. The molecular weight excluding hydrogens is 322 g/mol. The van der Waals surface area contributed by atoms with E-state index in [0.717, 1.165) is 41.8 Å². The maximum atomic E-state index is 5.80. The highest BCUT2D eigenvalue weighted by Gasteiger charge is 2.27. The zero-order valence-electron chi connectivity index (χ0n) is 14.7. The molecule has 0 bridgehead atoms. The number of hydrogen-bond donors (Lipinski definition) is 1. The second-order valence-corrected chi connectivity index (χ2v) is 7.58. The molecule has 0 saturated carbocycles. The molecule has 1 fully saturated rings. The highest BCUT2D eigenvalue weighted by atomic mass is 32.1. The number of benzene rings is 1. The summed E-state index contributed by atoms with van der Waals surface area (Å²) >= 11 is 1.65. The molecule has 5 nitrogen and oxygen atoms in total. The van der Waals surface area contributed by atoms with Gasteiger partial charge in [0.15, 0.2) is 0 Å². The molecule has 1 aromatic carbocycles. The Balaban J connectivity index is 1.78. The van der Waals surface area contributed by atoms with Gasteiger partial charge in [-0.3, -0.25) is 0 Å². The van der Waals surface area contributed by atoms with Crippen molar-refractivity contribution in [1.82, 2.24) is 4.98 Å². The van der Waals surface area contributed by atoms with Gasteiger partial charge in [0.25, 0.3) is 0 Å². The third kappa shape index (κ3) is 3.82. The van der Waals surface area contributed by atoms with Crippen LogP contribution in [0.2, 0.25) is 0 Å². The van der Waals surface area contributed by atoms with Crippen LogP contribution in [0.25, 0.3) is 0 Å². The third-order valence-corrected chi connectivity index (χ3v) is 5.13. The summed E-state index contributed by atoms with van der Waals surface area (Å²) in [5, 5.41) is 6.55. The van der Waals surface area contributed by atoms with E-state index in [2.05, 4.69) is 54.2 Å². The van der Waals surface area contributed by atoms with Crippen molar-refractivity contribution in [3.05, 3.63) is 34.8 Å². The molecule has 1 saturated heterocycles. The molecular formula is C18H25N3O2S. The van der Waals surface area contributed by atoms with Gasteiger partial charge in [-0.25, -0.2) is 4.98 Å². The smallest absolute Gasteiger partial charge is 0.144 e. The second-order valence-electron chi connectivity index (χ2n) is 6.65. The first-order valence-corrected chi connectivity index (χ1v) is 9.09. The van der Waals surface area contributed by atoms with Crippen molar-refractivity contribution >= 4 is 22.7 Å². The van der Waals surface area contributed by atoms with Gasteiger partial charge in [0, 0.05) is 36.4 Å². The fraction of sp³-hybridized carbons (Fsp3) is 0.500. The number of thiazole rings is 1. The summed E-state index contributed by atoms with van der Waals surface area (Å²) in [6.45, 7) is 8.88.